The average molecular weight is 216 g/mol. The first-order valence-corrected chi connectivity index (χ1v) is 6.04. The number of thioether (sulfide) groups is 1. The van der Waals surface area contributed by atoms with Crippen LogP contribution in [0, 0.1) is 0 Å². The molecule has 0 aliphatic carbocycles. The molecule has 0 aliphatic heterocycles. The summed E-state index contributed by atoms with van der Waals surface area (Å²) in [6.45, 7) is -0.334. The molecule has 0 aromatic carbocycles. The van der Waals surface area contributed by atoms with Crippen LogP contribution in [-0.4, -0.2) is 53.2 Å². The second-order valence-corrected chi connectivity index (χ2v) is 4.92. The molecule has 0 aliphatic rings. The first-order chi connectivity index (χ1) is 5.45. The normalized spacial score (nSPS) is 14.6. The number of hydrogen-bond acceptors (Lipinski definition) is 5. The quantitative estimate of drug-likeness (QED) is 0.388. The molecule has 0 fully saturated rings. The number of aliphatic hydroxyl groups excluding tert-OH is 2. The van der Waals surface area contributed by atoms with Gasteiger partial charge in [-0.3, -0.25) is 4.55 Å². The molecule has 0 rings (SSSR count). The van der Waals surface area contributed by atoms with Crippen LogP contribution >= 0.6 is 11.8 Å². The van der Waals surface area contributed by atoms with Gasteiger partial charge in [-0.05, 0) is 0 Å². The topological polar surface area (TPSA) is 94.8 Å². The smallest absolute Gasteiger partial charge is 0.265 e. The fourth-order valence-electron chi connectivity index (χ4n) is 0.436. The van der Waals surface area contributed by atoms with Crippen molar-refractivity contribution in [2.24, 2.45) is 0 Å². The third-order valence-corrected chi connectivity index (χ3v) is 3.10. The van der Waals surface area contributed by atoms with E-state index in [4.69, 9.17) is 14.8 Å². The van der Waals surface area contributed by atoms with E-state index in [2.05, 4.69) is 0 Å². The Hall–Kier alpha value is 0.180. The summed E-state index contributed by atoms with van der Waals surface area (Å²) in [6, 6.07) is 0. The summed E-state index contributed by atoms with van der Waals surface area (Å²) >= 11 is 1.16. The first-order valence-electron chi connectivity index (χ1n) is 3.27. The van der Waals surface area contributed by atoms with E-state index < -0.39 is 16.2 Å². The molecule has 74 valence electrons. The van der Waals surface area contributed by atoms with Crippen LogP contribution in [0.5, 0.6) is 0 Å². The highest BCUT2D eigenvalue weighted by atomic mass is 32.2. The molecule has 0 radical (unpaired) electrons. The molecule has 1 unspecified atom stereocenters. The molecule has 0 saturated carbocycles. The average Bonchev–Trinajstić information content (AvgIpc) is 1.96. The lowest BCUT2D eigenvalue weighted by Gasteiger charge is -2.04. The molecule has 0 amide bonds. The predicted octanol–water partition coefficient (Wildman–Crippen LogP) is -1.04. The Balaban J connectivity index is 3.34. The largest absolute Gasteiger partial charge is 0.394 e. The van der Waals surface area contributed by atoms with Crippen molar-refractivity contribution >= 4 is 21.9 Å². The Morgan fingerprint density at radius 1 is 1.42 bits per heavy atom. The Bertz CT molecular complexity index is 200. The van der Waals surface area contributed by atoms with Crippen LogP contribution in [0.2, 0.25) is 0 Å². The van der Waals surface area contributed by atoms with E-state index in [1.807, 2.05) is 0 Å². The van der Waals surface area contributed by atoms with E-state index in [0.29, 0.717) is 0 Å². The zero-order chi connectivity index (χ0) is 9.61. The van der Waals surface area contributed by atoms with Crippen LogP contribution in [-0.2, 0) is 10.1 Å². The third kappa shape index (κ3) is 8.28. The summed E-state index contributed by atoms with van der Waals surface area (Å²) in [4.78, 5) is 0. The molecule has 0 saturated heterocycles. The molecule has 3 N–H and O–H groups in total. The van der Waals surface area contributed by atoms with Crippen LogP contribution in [0.4, 0.5) is 0 Å². The molecule has 0 bridgehead atoms. The number of hydrogen-bond donors (Lipinski definition) is 3. The summed E-state index contributed by atoms with van der Waals surface area (Å²) in [5.41, 5.74) is 0. The van der Waals surface area contributed by atoms with Gasteiger partial charge < -0.3 is 10.2 Å². The molecule has 0 spiro atoms. The predicted molar refractivity (Wildman–Crippen MR) is 46.8 cm³/mol. The lowest BCUT2D eigenvalue weighted by atomic mass is 10.4. The van der Waals surface area contributed by atoms with E-state index in [9.17, 15) is 8.42 Å². The SMILES string of the molecule is O=S(=O)(O)CCSCC(O)CO. The van der Waals surface area contributed by atoms with E-state index in [1.54, 1.807) is 0 Å². The van der Waals surface area contributed by atoms with Gasteiger partial charge in [0.2, 0.25) is 0 Å². The molecule has 0 heterocycles. The molecule has 0 aromatic heterocycles. The second-order valence-electron chi connectivity index (χ2n) is 2.20. The third-order valence-electron chi connectivity index (χ3n) is 1.01. The lowest BCUT2D eigenvalue weighted by Crippen LogP contribution is -2.16. The maximum Gasteiger partial charge on any atom is 0.265 e. The summed E-state index contributed by atoms with van der Waals surface area (Å²) < 4.78 is 28.6. The van der Waals surface area contributed by atoms with E-state index in [-0.39, 0.29) is 23.9 Å². The van der Waals surface area contributed by atoms with Gasteiger partial charge in [0.1, 0.15) is 0 Å². The van der Waals surface area contributed by atoms with Gasteiger partial charge in [-0.15, -0.1) is 0 Å². The molecule has 5 nitrogen and oxygen atoms in total. The Kier molecular flexibility index (Phi) is 5.85. The maximum atomic E-state index is 10.2. The van der Waals surface area contributed by atoms with Gasteiger partial charge in [0.05, 0.1) is 18.5 Å². The molecule has 12 heavy (non-hydrogen) atoms. The van der Waals surface area contributed by atoms with Crippen molar-refractivity contribution in [1.82, 2.24) is 0 Å². The fourth-order valence-corrected chi connectivity index (χ4v) is 2.29. The standard InChI is InChI=1S/C5H12O5S2/c6-3-5(7)4-11-1-2-12(8,9)10/h5-7H,1-4H2,(H,8,9,10). The van der Waals surface area contributed by atoms with Crippen LogP contribution in [0.1, 0.15) is 0 Å². The van der Waals surface area contributed by atoms with E-state index >= 15 is 0 Å². The van der Waals surface area contributed by atoms with Crippen molar-refractivity contribution in [3.8, 4) is 0 Å². The van der Waals surface area contributed by atoms with Crippen molar-refractivity contribution in [3.63, 3.8) is 0 Å². The monoisotopic (exact) mass is 216 g/mol. The Labute approximate surface area is 75.5 Å². The van der Waals surface area contributed by atoms with Crippen LogP contribution < -0.4 is 0 Å². The van der Waals surface area contributed by atoms with Gasteiger partial charge in [0, 0.05) is 11.5 Å². The highest BCUT2D eigenvalue weighted by Gasteiger charge is 2.06. The molecule has 1 atom stereocenters. The van der Waals surface area contributed by atoms with Crippen molar-refractivity contribution in [1.29, 1.82) is 0 Å². The zero-order valence-corrected chi connectivity index (χ0v) is 8.01. The minimum Gasteiger partial charge on any atom is -0.394 e. The Morgan fingerprint density at radius 3 is 2.42 bits per heavy atom. The minimum absolute atomic E-state index is 0.218. The van der Waals surface area contributed by atoms with Gasteiger partial charge in [-0.1, -0.05) is 0 Å². The lowest BCUT2D eigenvalue weighted by molar-refractivity contribution is 0.113. The summed E-state index contributed by atoms with van der Waals surface area (Å²) in [5.74, 6) is 0.164. The van der Waals surface area contributed by atoms with Gasteiger partial charge in [0.15, 0.2) is 0 Å². The number of aliphatic hydroxyl groups is 2. The van der Waals surface area contributed by atoms with Crippen molar-refractivity contribution in [2.45, 2.75) is 6.10 Å². The maximum absolute atomic E-state index is 10.2. The summed E-state index contributed by atoms with van der Waals surface area (Å²) in [5, 5.41) is 17.2. The molecular weight excluding hydrogens is 204 g/mol. The van der Waals surface area contributed by atoms with Crippen molar-refractivity contribution < 1.29 is 23.2 Å². The summed E-state index contributed by atoms with van der Waals surface area (Å²) in [6.07, 6.45) is -0.823. The molecular formula is C5H12O5S2. The van der Waals surface area contributed by atoms with Gasteiger partial charge in [-0.25, -0.2) is 0 Å². The minimum atomic E-state index is -3.89. The van der Waals surface area contributed by atoms with Gasteiger partial charge in [-0.2, -0.15) is 20.2 Å². The molecule has 7 heteroatoms. The molecule has 0 aromatic rings. The summed E-state index contributed by atoms with van der Waals surface area (Å²) in [7, 11) is -3.89. The van der Waals surface area contributed by atoms with Gasteiger partial charge >= 0.3 is 0 Å². The number of rotatable bonds is 6. The highest BCUT2D eigenvalue weighted by Crippen LogP contribution is 2.03. The van der Waals surface area contributed by atoms with Crippen molar-refractivity contribution in [3.05, 3.63) is 0 Å². The van der Waals surface area contributed by atoms with Crippen LogP contribution in [0.15, 0.2) is 0 Å². The Morgan fingerprint density at radius 2 is 2.00 bits per heavy atom. The van der Waals surface area contributed by atoms with Crippen molar-refractivity contribution in [2.75, 3.05) is 23.9 Å². The first kappa shape index (κ1) is 12.2. The van der Waals surface area contributed by atoms with Crippen LogP contribution in [0.3, 0.4) is 0 Å². The fraction of sp³-hybridized carbons (Fsp3) is 1.00. The van der Waals surface area contributed by atoms with E-state index in [1.165, 1.54) is 0 Å². The van der Waals surface area contributed by atoms with Crippen LogP contribution in [0.25, 0.3) is 0 Å². The zero-order valence-electron chi connectivity index (χ0n) is 6.38. The second kappa shape index (κ2) is 5.76. The highest BCUT2D eigenvalue weighted by molar-refractivity contribution is 8.00. The van der Waals surface area contributed by atoms with Gasteiger partial charge in [0.25, 0.3) is 10.1 Å². The van der Waals surface area contributed by atoms with E-state index in [0.717, 1.165) is 11.8 Å².